The van der Waals surface area contributed by atoms with E-state index in [0.717, 1.165) is 20.5 Å². The number of aromatic nitrogens is 2. The van der Waals surface area contributed by atoms with Gasteiger partial charge in [-0.2, -0.15) is 5.10 Å². The Balaban J connectivity index is 1.57. The lowest BCUT2D eigenvalue weighted by atomic mass is 10.2. The van der Waals surface area contributed by atoms with E-state index in [9.17, 15) is 9.59 Å². The van der Waals surface area contributed by atoms with Crippen molar-refractivity contribution >= 4 is 50.9 Å². The van der Waals surface area contributed by atoms with Crippen LogP contribution in [0.1, 0.15) is 24.1 Å². The number of carbonyl (C=O) groups is 2. The monoisotopic (exact) mass is 486 g/mol. The second-order valence-electron chi connectivity index (χ2n) is 6.94. The number of anilines is 2. The number of rotatable bonds is 7. The Kier molecular flexibility index (Phi) is 7.33. The summed E-state index contributed by atoms with van der Waals surface area (Å²) in [6.07, 6.45) is 3.38. The number of hydrogen-bond donors (Lipinski definition) is 2. The molecule has 30 heavy (non-hydrogen) atoms. The third-order valence-corrected chi connectivity index (χ3v) is 6.54. The maximum Gasteiger partial charge on any atom is 0.248 e. The van der Waals surface area contributed by atoms with Gasteiger partial charge in [-0.25, -0.2) is 0 Å². The molecular weight excluding hydrogens is 464 g/mol. The number of aryl methyl sites for hydroxylation is 2. The Labute approximate surface area is 188 Å². The lowest BCUT2D eigenvalue weighted by Gasteiger charge is -2.14. The van der Waals surface area contributed by atoms with Crippen LogP contribution in [-0.2, 0) is 9.59 Å². The highest BCUT2D eigenvalue weighted by atomic mass is 79.9. The van der Waals surface area contributed by atoms with Crippen molar-refractivity contribution < 1.29 is 9.59 Å². The van der Waals surface area contributed by atoms with Crippen LogP contribution in [-0.4, -0.2) is 27.3 Å². The summed E-state index contributed by atoms with van der Waals surface area (Å²) in [4.78, 5) is 25.9. The quantitative estimate of drug-likeness (QED) is 0.450. The van der Waals surface area contributed by atoms with Gasteiger partial charge in [-0.05, 0) is 68.3 Å². The average molecular weight is 487 g/mol. The highest BCUT2D eigenvalue weighted by molar-refractivity contribution is 9.10. The normalized spacial score (nSPS) is 11.7. The van der Waals surface area contributed by atoms with Gasteiger partial charge in [0.05, 0.1) is 5.75 Å². The van der Waals surface area contributed by atoms with E-state index in [1.165, 1.54) is 11.8 Å². The molecule has 0 aliphatic rings. The molecule has 1 atom stereocenters. The van der Waals surface area contributed by atoms with Crippen molar-refractivity contribution in [1.29, 1.82) is 0 Å². The SMILES string of the molecule is Cc1cc(SCC(=O)Nc2cccc(NC(=O)C(C)n3cccn3)c2)c(C)cc1Br. The zero-order valence-corrected chi connectivity index (χ0v) is 19.4. The molecule has 8 heteroatoms. The average Bonchev–Trinajstić information content (AvgIpc) is 3.24. The van der Waals surface area contributed by atoms with Gasteiger partial charge in [0.25, 0.3) is 0 Å². The molecule has 0 bridgehead atoms. The minimum absolute atomic E-state index is 0.103. The molecule has 0 saturated carbocycles. The molecule has 0 fully saturated rings. The van der Waals surface area contributed by atoms with Crippen molar-refractivity contribution in [3.05, 3.63) is 70.5 Å². The van der Waals surface area contributed by atoms with Crippen LogP contribution in [0.3, 0.4) is 0 Å². The minimum Gasteiger partial charge on any atom is -0.325 e. The molecule has 2 aromatic carbocycles. The van der Waals surface area contributed by atoms with Gasteiger partial charge in [-0.15, -0.1) is 11.8 Å². The number of nitrogens with zero attached hydrogens (tertiary/aromatic N) is 2. The summed E-state index contributed by atoms with van der Waals surface area (Å²) >= 11 is 5.03. The smallest absolute Gasteiger partial charge is 0.248 e. The molecule has 3 rings (SSSR count). The molecule has 1 aromatic heterocycles. The zero-order chi connectivity index (χ0) is 21.7. The zero-order valence-electron chi connectivity index (χ0n) is 17.0. The first-order chi connectivity index (χ1) is 14.3. The van der Waals surface area contributed by atoms with Crippen LogP contribution in [0.15, 0.2) is 64.2 Å². The fourth-order valence-corrected chi connectivity index (χ4v) is 4.16. The maximum absolute atomic E-state index is 12.4. The van der Waals surface area contributed by atoms with E-state index < -0.39 is 6.04 Å². The fraction of sp³-hybridized carbons (Fsp3) is 0.227. The number of halogens is 1. The summed E-state index contributed by atoms with van der Waals surface area (Å²) in [5, 5.41) is 9.84. The van der Waals surface area contributed by atoms with Crippen LogP contribution in [0.4, 0.5) is 11.4 Å². The molecule has 0 radical (unpaired) electrons. The van der Waals surface area contributed by atoms with Crippen molar-refractivity contribution in [2.24, 2.45) is 0 Å². The summed E-state index contributed by atoms with van der Waals surface area (Å²) < 4.78 is 2.65. The van der Waals surface area contributed by atoms with Crippen LogP contribution in [0.5, 0.6) is 0 Å². The molecule has 156 valence electrons. The third kappa shape index (κ3) is 5.73. The van der Waals surface area contributed by atoms with Crippen LogP contribution >= 0.6 is 27.7 Å². The molecule has 0 aliphatic heterocycles. The molecule has 2 N–H and O–H groups in total. The highest BCUT2D eigenvalue weighted by Crippen LogP contribution is 2.28. The topological polar surface area (TPSA) is 76.0 Å². The number of hydrogen-bond acceptors (Lipinski definition) is 4. The number of carbonyl (C=O) groups excluding carboxylic acids is 2. The molecule has 1 unspecified atom stereocenters. The van der Waals surface area contributed by atoms with E-state index >= 15 is 0 Å². The lowest BCUT2D eigenvalue weighted by molar-refractivity contribution is -0.119. The Hall–Kier alpha value is -2.58. The highest BCUT2D eigenvalue weighted by Gasteiger charge is 2.15. The maximum atomic E-state index is 12.4. The van der Waals surface area contributed by atoms with Gasteiger partial charge in [0, 0.05) is 33.1 Å². The predicted molar refractivity (Wildman–Crippen MR) is 125 cm³/mol. The van der Waals surface area contributed by atoms with Gasteiger partial charge in [-0.1, -0.05) is 22.0 Å². The fourth-order valence-electron chi connectivity index (χ4n) is 2.80. The standard InChI is InChI=1S/C22H23BrN4O2S/c1-14-11-20(15(2)10-19(14)23)30-13-21(28)25-17-6-4-7-18(12-17)26-22(29)16(3)27-9-5-8-24-27/h4-12,16H,13H2,1-3H3,(H,25,28)(H,26,29). The Bertz CT molecular complexity index is 1050. The summed E-state index contributed by atoms with van der Waals surface area (Å²) in [6, 6.07) is 12.6. The largest absolute Gasteiger partial charge is 0.325 e. The van der Waals surface area contributed by atoms with Crippen LogP contribution < -0.4 is 10.6 Å². The van der Waals surface area contributed by atoms with Gasteiger partial charge in [0.1, 0.15) is 6.04 Å². The number of amides is 2. The first-order valence-electron chi connectivity index (χ1n) is 9.43. The molecule has 0 aliphatic carbocycles. The molecule has 0 spiro atoms. The van der Waals surface area contributed by atoms with Crippen LogP contribution in [0.25, 0.3) is 0 Å². The molecule has 1 heterocycles. The number of thioether (sulfide) groups is 1. The van der Waals surface area contributed by atoms with Gasteiger partial charge >= 0.3 is 0 Å². The van der Waals surface area contributed by atoms with Gasteiger partial charge in [-0.3, -0.25) is 14.3 Å². The van der Waals surface area contributed by atoms with Gasteiger partial charge < -0.3 is 10.6 Å². The van der Waals surface area contributed by atoms with Crippen molar-refractivity contribution in [3.63, 3.8) is 0 Å². The van der Waals surface area contributed by atoms with E-state index in [2.05, 4.69) is 43.8 Å². The Morgan fingerprint density at radius 1 is 1.10 bits per heavy atom. The van der Waals surface area contributed by atoms with E-state index in [1.54, 1.807) is 54.3 Å². The summed E-state index contributed by atoms with van der Waals surface area (Å²) in [7, 11) is 0. The summed E-state index contributed by atoms with van der Waals surface area (Å²) in [6.45, 7) is 5.83. The van der Waals surface area contributed by atoms with E-state index in [4.69, 9.17) is 0 Å². The molecular formula is C22H23BrN4O2S. The Morgan fingerprint density at radius 3 is 2.53 bits per heavy atom. The molecule has 3 aromatic rings. The second-order valence-corrected chi connectivity index (χ2v) is 8.81. The van der Waals surface area contributed by atoms with Crippen molar-refractivity contribution in [3.8, 4) is 0 Å². The first-order valence-corrected chi connectivity index (χ1v) is 11.2. The summed E-state index contributed by atoms with van der Waals surface area (Å²) in [5.41, 5.74) is 3.51. The van der Waals surface area contributed by atoms with Gasteiger partial charge in [0.15, 0.2) is 0 Å². The van der Waals surface area contributed by atoms with Crippen molar-refractivity contribution in [2.45, 2.75) is 31.7 Å². The molecule has 6 nitrogen and oxygen atoms in total. The van der Waals surface area contributed by atoms with Crippen molar-refractivity contribution in [1.82, 2.24) is 9.78 Å². The Morgan fingerprint density at radius 2 is 1.83 bits per heavy atom. The van der Waals surface area contributed by atoms with Crippen LogP contribution in [0, 0.1) is 13.8 Å². The third-order valence-electron chi connectivity index (χ3n) is 4.53. The molecule has 0 saturated heterocycles. The number of nitrogens with one attached hydrogen (secondary N) is 2. The second kappa shape index (κ2) is 9.95. The predicted octanol–water partition coefficient (Wildman–Crippen LogP) is 5.19. The lowest BCUT2D eigenvalue weighted by Crippen LogP contribution is -2.24. The summed E-state index contributed by atoms with van der Waals surface area (Å²) in [5.74, 6) is 0.0154. The van der Waals surface area contributed by atoms with Gasteiger partial charge in [0.2, 0.25) is 11.8 Å². The molecule has 2 amide bonds. The van der Waals surface area contributed by atoms with E-state index in [-0.39, 0.29) is 11.8 Å². The van der Waals surface area contributed by atoms with E-state index in [1.807, 2.05) is 13.8 Å². The van der Waals surface area contributed by atoms with Crippen molar-refractivity contribution in [2.75, 3.05) is 16.4 Å². The first kappa shape index (κ1) is 22.1. The van der Waals surface area contributed by atoms with E-state index in [0.29, 0.717) is 17.1 Å². The minimum atomic E-state index is -0.438. The van der Waals surface area contributed by atoms with Crippen LogP contribution in [0.2, 0.25) is 0 Å². The number of benzene rings is 2.